The van der Waals surface area contributed by atoms with Gasteiger partial charge in [0.05, 0.1) is 5.52 Å². The van der Waals surface area contributed by atoms with Gasteiger partial charge >= 0.3 is 0 Å². The molecule has 2 aromatic heterocycles. The Balaban J connectivity index is 2.12. The van der Waals surface area contributed by atoms with Gasteiger partial charge in [-0.3, -0.25) is 4.98 Å². The monoisotopic (exact) mass is 345 g/mol. The fraction of sp³-hybridized carbons (Fsp3) is 0.250. The molecule has 0 aliphatic heterocycles. The Bertz CT molecular complexity index is 769. The van der Waals surface area contributed by atoms with Crippen LogP contribution in [-0.4, -0.2) is 19.6 Å². The van der Waals surface area contributed by atoms with Crippen molar-refractivity contribution in [2.24, 2.45) is 0 Å². The van der Waals surface area contributed by atoms with Crippen LogP contribution in [0.5, 0.6) is 0 Å². The summed E-state index contributed by atoms with van der Waals surface area (Å²) in [5.74, 6) is 0.658. The van der Waals surface area contributed by atoms with Gasteiger partial charge in [-0.1, -0.05) is 35.0 Å². The fourth-order valence-corrected chi connectivity index (χ4v) is 2.97. The minimum atomic E-state index is -0.781. The summed E-state index contributed by atoms with van der Waals surface area (Å²) in [6.07, 6.45) is 5.58. The van der Waals surface area contributed by atoms with Crippen LogP contribution in [0, 0.1) is 0 Å². The van der Waals surface area contributed by atoms with Gasteiger partial charge in [0, 0.05) is 40.6 Å². The molecule has 0 spiro atoms. The second-order valence-electron chi connectivity index (χ2n) is 4.92. The van der Waals surface area contributed by atoms with Crippen molar-refractivity contribution in [3.8, 4) is 0 Å². The highest BCUT2D eigenvalue weighted by Gasteiger charge is 2.19. The van der Waals surface area contributed by atoms with Crippen molar-refractivity contribution in [1.29, 1.82) is 0 Å². The minimum Gasteiger partial charge on any atom is -0.380 e. The molecule has 0 bridgehead atoms. The molecular formula is C16H16BrN3O. The van der Waals surface area contributed by atoms with Crippen molar-refractivity contribution < 1.29 is 5.11 Å². The van der Waals surface area contributed by atoms with Crippen LogP contribution in [0.4, 0.5) is 0 Å². The van der Waals surface area contributed by atoms with Gasteiger partial charge in [-0.15, -0.1) is 0 Å². The largest absolute Gasteiger partial charge is 0.380 e. The van der Waals surface area contributed by atoms with Crippen LogP contribution in [-0.2, 0) is 6.54 Å². The van der Waals surface area contributed by atoms with E-state index in [0.29, 0.717) is 5.82 Å². The van der Waals surface area contributed by atoms with Crippen molar-refractivity contribution in [1.82, 2.24) is 14.5 Å². The van der Waals surface area contributed by atoms with E-state index in [1.54, 1.807) is 12.4 Å². The summed E-state index contributed by atoms with van der Waals surface area (Å²) in [6, 6.07) is 7.72. The summed E-state index contributed by atoms with van der Waals surface area (Å²) < 4.78 is 2.96. The standard InChI is InChI=1S/C16H16BrN3O/c1-2-9-20-10-8-19-16(20)15(21)12-5-6-13(17)11-4-3-7-18-14(11)12/h3-8,10,15,21H,2,9H2,1H3. The maximum atomic E-state index is 10.7. The van der Waals surface area contributed by atoms with E-state index in [9.17, 15) is 5.11 Å². The zero-order valence-corrected chi connectivity index (χ0v) is 13.3. The summed E-state index contributed by atoms with van der Waals surface area (Å²) in [4.78, 5) is 8.74. The highest BCUT2D eigenvalue weighted by atomic mass is 79.9. The fourth-order valence-electron chi connectivity index (χ4n) is 2.52. The molecule has 3 aromatic rings. The maximum Gasteiger partial charge on any atom is 0.142 e. The molecule has 0 fully saturated rings. The number of aliphatic hydroxyl groups is 1. The molecule has 0 radical (unpaired) electrons. The lowest BCUT2D eigenvalue weighted by molar-refractivity contribution is 0.205. The third kappa shape index (κ3) is 2.59. The molecule has 0 aliphatic carbocycles. The zero-order chi connectivity index (χ0) is 14.8. The average molecular weight is 346 g/mol. The number of halogens is 1. The summed E-state index contributed by atoms with van der Waals surface area (Å²) in [5, 5.41) is 11.7. The first-order chi connectivity index (χ1) is 10.2. The van der Waals surface area contributed by atoms with Crippen LogP contribution in [0.3, 0.4) is 0 Å². The van der Waals surface area contributed by atoms with Crippen molar-refractivity contribution >= 4 is 26.8 Å². The van der Waals surface area contributed by atoms with E-state index in [1.165, 1.54) is 0 Å². The SMILES string of the molecule is CCCn1ccnc1C(O)c1ccc(Br)c2cccnc12. The lowest BCUT2D eigenvalue weighted by Crippen LogP contribution is -2.10. The average Bonchev–Trinajstić information content (AvgIpc) is 2.96. The Morgan fingerprint density at radius 3 is 2.90 bits per heavy atom. The highest BCUT2D eigenvalue weighted by Crippen LogP contribution is 2.31. The third-order valence-corrected chi connectivity index (χ3v) is 4.19. The van der Waals surface area contributed by atoms with Crippen LogP contribution >= 0.6 is 15.9 Å². The molecule has 2 heterocycles. The second kappa shape index (κ2) is 5.95. The first-order valence-electron chi connectivity index (χ1n) is 6.94. The number of aromatic nitrogens is 3. The summed E-state index contributed by atoms with van der Waals surface area (Å²) in [7, 11) is 0. The lowest BCUT2D eigenvalue weighted by atomic mass is 10.0. The molecule has 21 heavy (non-hydrogen) atoms. The maximum absolute atomic E-state index is 10.7. The van der Waals surface area contributed by atoms with E-state index >= 15 is 0 Å². The van der Waals surface area contributed by atoms with Crippen LogP contribution in [0.15, 0.2) is 47.3 Å². The van der Waals surface area contributed by atoms with E-state index < -0.39 is 6.10 Å². The van der Waals surface area contributed by atoms with Crippen molar-refractivity contribution in [2.45, 2.75) is 26.0 Å². The molecule has 1 atom stereocenters. The molecule has 3 rings (SSSR count). The van der Waals surface area contributed by atoms with Gasteiger partial charge in [0.1, 0.15) is 11.9 Å². The summed E-state index contributed by atoms with van der Waals surface area (Å²) in [6.45, 7) is 2.95. The number of aliphatic hydroxyl groups excluding tert-OH is 1. The third-order valence-electron chi connectivity index (χ3n) is 3.50. The summed E-state index contributed by atoms with van der Waals surface area (Å²) in [5.41, 5.74) is 1.57. The normalized spacial score (nSPS) is 12.7. The number of fused-ring (bicyclic) bond motifs is 1. The predicted octanol–water partition coefficient (Wildman–Crippen LogP) is 3.69. The van der Waals surface area contributed by atoms with Crippen LogP contribution in [0.1, 0.15) is 30.8 Å². The van der Waals surface area contributed by atoms with Crippen molar-refractivity contribution in [2.75, 3.05) is 0 Å². The van der Waals surface area contributed by atoms with Gasteiger partial charge in [-0.2, -0.15) is 0 Å². The van der Waals surface area contributed by atoms with E-state index in [4.69, 9.17) is 0 Å². The Morgan fingerprint density at radius 2 is 2.10 bits per heavy atom. The Morgan fingerprint density at radius 1 is 1.24 bits per heavy atom. The number of pyridine rings is 1. The number of benzene rings is 1. The van der Waals surface area contributed by atoms with Gasteiger partial charge in [-0.25, -0.2) is 4.98 Å². The quantitative estimate of drug-likeness (QED) is 0.784. The van der Waals surface area contributed by atoms with Crippen molar-refractivity contribution in [3.05, 3.63) is 58.7 Å². The highest BCUT2D eigenvalue weighted by molar-refractivity contribution is 9.10. The van der Waals surface area contributed by atoms with E-state index in [0.717, 1.165) is 33.9 Å². The molecule has 4 nitrogen and oxygen atoms in total. The van der Waals surface area contributed by atoms with Crippen LogP contribution in [0.25, 0.3) is 10.9 Å². The number of nitrogens with zero attached hydrogens (tertiary/aromatic N) is 3. The minimum absolute atomic E-state index is 0.658. The number of hydrogen-bond donors (Lipinski definition) is 1. The van der Waals surface area contributed by atoms with Gasteiger partial charge in [0.15, 0.2) is 0 Å². The van der Waals surface area contributed by atoms with Crippen molar-refractivity contribution in [3.63, 3.8) is 0 Å². The molecule has 0 saturated carbocycles. The van der Waals surface area contributed by atoms with E-state index in [1.807, 2.05) is 35.0 Å². The molecule has 0 saturated heterocycles. The molecule has 108 valence electrons. The molecule has 5 heteroatoms. The van der Waals surface area contributed by atoms with Gasteiger partial charge in [0.25, 0.3) is 0 Å². The number of hydrogen-bond acceptors (Lipinski definition) is 3. The molecule has 1 aromatic carbocycles. The van der Waals surface area contributed by atoms with E-state index in [2.05, 4.69) is 32.8 Å². The second-order valence-corrected chi connectivity index (χ2v) is 5.77. The number of aryl methyl sites for hydroxylation is 1. The summed E-state index contributed by atoms with van der Waals surface area (Å²) >= 11 is 3.53. The molecular weight excluding hydrogens is 330 g/mol. The first kappa shape index (κ1) is 14.2. The van der Waals surface area contributed by atoms with Crippen LogP contribution < -0.4 is 0 Å². The molecule has 1 unspecified atom stereocenters. The lowest BCUT2D eigenvalue weighted by Gasteiger charge is -2.15. The van der Waals surface area contributed by atoms with Crippen LogP contribution in [0.2, 0.25) is 0 Å². The van der Waals surface area contributed by atoms with Gasteiger partial charge < -0.3 is 9.67 Å². The Hall–Kier alpha value is -1.72. The van der Waals surface area contributed by atoms with E-state index in [-0.39, 0.29) is 0 Å². The molecule has 0 amide bonds. The molecule has 1 N–H and O–H groups in total. The number of rotatable bonds is 4. The topological polar surface area (TPSA) is 50.9 Å². The predicted molar refractivity (Wildman–Crippen MR) is 86.0 cm³/mol. The Labute approximate surface area is 131 Å². The number of imidazole rings is 1. The van der Waals surface area contributed by atoms with Gasteiger partial charge in [-0.05, 0) is 18.6 Å². The zero-order valence-electron chi connectivity index (χ0n) is 11.7. The first-order valence-corrected chi connectivity index (χ1v) is 7.74. The van der Waals surface area contributed by atoms with Gasteiger partial charge in [0.2, 0.25) is 0 Å². The Kier molecular flexibility index (Phi) is 4.03. The smallest absolute Gasteiger partial charge is 0.142 e. The molecule has 0 aliphatic rings.